The summed E-state index contributed by atoms with van der Waals surface area (Å²) in [5.41, 5.74) is 4.34. The van der Waals surface area contributed by atoms with Gasteiger partial charge in [0, 0.05) is 35.0 Å². The van der Waals surface area contributed by atoms with Crippen molar-refractivity contribution in [3.8, 4) is 22.3 Å². The monoisotopic (exact) mass is 556 g/mol. The van der Waals surface area contributed by atoms with Crippen molar-refractivity contribution in [2.75, 3.05) is 5.32 Å². The van der Waals surface area contributed by atoms with Crippen LogP contribution in [-0.4, -0.2) is 44.0 Å². The molecule has 0 bridgehead atoms. The molecule has 0 aliphatic heterocycles. The molecule has 0 unspecified atom stereocenters. The van der Waals surface area contributed by atoms with E-state index in [2.05, 4.69) is 5.32 Å². The molecule has 0 saturated carbocycles. The molecule has 1 aromatic heterocycles. The first-order valence-corrected chi connectivity index (χ1v) is 13.4. The maximum absolute atomic E-state index is 14.0. The number of nitrogens with one attached hydrogen (secondary N) is 1. The van der Waals surface area contributed by atoms with Crippen LogP contribution < -0.4 is 5.32 Å². The standard InChI is InChI=1S/C33H33FN2O5/c1-21(2)36-28(18-17-26(37)19-27(38)20-29(39)40)30(23-13-15-24(34)16-14-23)31(22-9-5-3-6-10-22)32(36)33(41)35-25-11-7-4-8-12-25/h3-18,21,26-27,37-38H,19-20H2,1-2H3,(H,35,41)(H,39,40)/b18-17+/t26-,27-/m1/s1. The number of aliphatic hydroxyl groups excluding tert-OH is 2. The molecule has 41 heavy (non-hydrogen) atoms. The Kier molecular flexibility index (Phi) is 9.49. The average Bonchev–Trinajstić information content (AvgIpc) is 3.28. The number of anilines is 1. The van der Waals surface area contributed by atoms with Crippen LogP contribution in [0.25, 0.3) is 28.3 Å². The summed E-state index contributed by atoms with van der Waals surface area (Å²) < 4.78 is 15.9. The molecule has 212 valence electrons. The molecule has 0 aliphatic carbocycles. The summed E-state index contributed by atoms with van der Waals surface area (Å²) in [6.45, 7) is 3.87. The van der Waals surface area contributed by atoms with Crippen molar-refractivity contribution >= 4 is 23.6 Å². The van der Waals surface area contributed by atoms with Crippen molar-refractivity contribution in [3.63, 3.8) is 0 Å². The van der Waals surface area contributed by atoms with E-state index >= 15 is 0 Å². The zero-order valence-corrected chi connectivity index (χ0v) is 22.9. The first-order valence-electron chi connectivity index (χ1n) is 13.4. The average molecular weight is 557 g/mol. The van der Waals surface area contributed by atoms with Crippen LogP contribution in [-0.2, 0) is 4.79 Å². The minimum absolute atomic E-state index is 0.177. The number of amides is 1. The van der Waals surface area contributed by atoms with Gasteiger partial charge in [0.2, 0.25) is 0 Å². The number of aliphatic hydroxyl groups is 2. The molecule has 3 aromatic carbocycles. The Labute approximate surface area is 238 Å². The number of aliphatic carboxylic acids is 1. The van der Waals surface area contributed by atoms with Gasteiger partial charge < -0.3 is 25.2 Å². The number of para-hydroxylation sites is 1. The quantitative estimate of drug-likeness (QED) is 0.171. The van der Waals surface area contributed by atoms with E-state index in [0.717, 1.165) is 5.56 Å². The maximum Gasteiger partial charge on any atom is 0.305 e. The highest BCUT2D eigenvalue weighted by Gasteiger charge is 2.29. The third kappa shape index (κ3) is 7.16. The van der Waals surface area contributed by atoms with Crippen LogP contribution in [0.15, 0.2) is 91.0 Å². The highest BCUT2D eigenvalue weighted by Crippen LogP contribution is 2.42. The number of hydrogen-bond donors (Lipinski definition) is 4. The van der Waals surface area contributed by atoms with Gasteiger partial charge in [-0.2, -0.15) is 0 Å². The van der Waals surface area contributed by atoms with Crippen molar-refractivity contribution in [1.29, 1.82) is 0 Å². The Balaban J connectivity index is 1.96. The number of nitrogens with zero attached hydrogens (tertiary/aromatic N) is 1. The Morgan fingerprint density at radius 1 is 0.878 bits per heavy atom. The Morgan fingerprint density at radius 2 is 1.46 bits per heavy atom. The topological polar surface area (TPSA) is 112 Å². The summed E-state index contributed by atoms with van der Waals surface area (Å²) in [7, 11) is 0. The Morgan fingerprint density at radius 3 is 2.05 bits per heavy atom. The smallest absolute Gasteiger partial charge is 0.305 e. The van der Waals surface area contributed by atoms with Gasteiger partial charge in [0.15, 0.2) is 0 Å². The molecule has 0 aliphatic rings. The third-order valence-corrected chi connectivity index (χ3v) is 6.60. The fourth-order valence-electron chi connectivity index (χ4n) is 4.88. The fraction of sp³-hybridized carbons (Fsp3) is 0.212. The highest BCUT2D eigenvalue weighted by atomic mass is 19.1. The second-order valence-electron chi connectivity index (χ2n) is 10.1. The van der Waals surface area contributed by atoms with Gasteiger partial charge >= 0.3 is 5.97 Å². The van der Waals surface area contributed by atoms with Crippen molar-refractivity contribution in [3.05, 3.63) is 108 Å². The number of halogens is 1. The Hall–Kier alpha value is -4.53. The molecule has 4 rings (SSSR count). The van der Waals surface area contributed by atoms with Gasteiger partial charge in [0.25, 0.3) is 5.91 Å². The summed E-state index contributed by atoms with van der Waals surface area (Å²) in [5, 5.41) is 32.6. The van der Waals surface area contributed by atoms with Gasteiger partial charge in [-0.3, -0.25) is 9.59 Å². The molecule has 0 radical (unpaired) electrons. The number of carboxylic acid groups (broad SMARTS) is 1. The predicted molar refractivity (Wildman–Crippen MR) is 158 cm³/mol. The summed E-state index contributed by atoms with van der Waals surface area (Å²) in [4.78, 5) is 25.0. The fourth-order valence-corrected chi connectivity index (χ4v) is 4.88. The number of aromatic nitrogens is 1. The van der Waals surface area contributed by atoms with Crippen LogP contribution in [0, 0.1) is 5.82 Å². The molecular formula is C33H33FN2O5. The van der Waals surface area contributed by atoms with Gasteiger partial charge in [-0.25, -0.2) is 4.39 Å². The molecular weight excluding hydrogens is 523 g/mol. The minimum Gasteiger partial charge on any atom is -0.481 e. The predicted octanol–water partition coefficient (Wildman–Crippen LogP) is 6.39. The second-order valence-corrected chi connectivity index (χ2v) is 10.1. The van der Waals surface area contributed by atoms with Gasteiger partial charge in [-0.1, -0.05) is 66.7 Å². The summed E-state index contributed by atoms with van der Waals surface area (Å²) in [6.07, 6.45) is 0.0955. The molecule has 8 heteroatoms. The summed E-state index contributed by atoms with van der Waals surface area (Å²) in [5.74, 6) is -1.91. The van der Waals surface area contributed by atoms with Crippen LogP contribution in [0.5, 0.6) is 0 Å². The largest absolute Gasteiger partial charge is 0.481 e. The molecule has 1 amide bonds. The number of hydrogen-bond acceptors (Lipinski definition) is 4. The van der Waals surface area contributed by atoms with E-state index < -0.39 is 30.4 Å². The van der Waals surface area contributed by atoms with E-state index in [1.54, 1.807) is 30.3 Å². The lowest BCUT2D eigenvalue weighted by Crippen LogP contribution is -2.20. The van der Waals surface area contributed by atoms with Crippen molar-refractivity contribution in [1.82, 2.24) is 4.57 Å². The Bertz CT molecular complexity index is 1510. The van der Waals surface area contributed by atoms with Crippen LogP contribution in [0.3, 0.4) is 0 Å². The number of carboxylic acids is 1. The zero-order chi connectivity index (χ0) is 29.5. The first kappa shape index (κ1) is 29.5. The minimum atomic E-state index is -1.23. The summed E-state index contributed by atoms with van der Waals surface area (Å²) >= 11 is 0. The van der Waals surface area contributed by atoms with Crippen molar-refractivity contribution in [2.24, 2.45) is 0 Å². The lowest BCUT2D eigenvalue weighted by atomic mass is 9.94. The molecule has 4 N–H and O–H groups in total. The van der Waals surface area contributed by atoms with E-state index in [1.807, 2.05) is 66.9 Å². The van der Waals surface area contributed by atoms with E-state index in [-0.39, 0.29) is 18.4 Å². The maximum atomic E-state index is 14.0. The van der Waals surface area contributed by atoms with E-state index in [4.69, 9.17) is 5.11 Å². The number of rotatable bonds is 11. The second kappa shape index (κ2) is 13.2. The van der Waals surface area contributed by atoms with Crippen LogP contribution in [0.2, 0.25) is 0 Å². The van der Waals surface area contributed by atoms with E-state index in [0.29, 0.717) is 33.8 Å². The van der Waals surface area contributed by atoms with Gasteiger partial charge in [0.05, 0.1) is 18.6 Å². The lowest BCUT2D eigenvalue weighted by molar-refractivity contribution is -0.139. The van der Waals surface area contributed by atoms with E-state index in [1.165, 1.54) is 18.2 Å². The third-order valence-electron chi connectivity index (χ3n) is 6.60. The lowest BCUT2D eigenvalue weighted by Gasteiger charge is -2.17. The molecule has 0 fully saturated rings. The molecule has 7 nitrogen and oxygen atoms in total. The van der Waals surface area contributed by atoms with Gasteiger partial charge in [-0.15, -0.1) is 0 Å². The van der Waals surface area contributed by atoms with Crippen molar-refractivity contribution < 1.29 is 29.3 Å². The zero-order valence-electron chi connectivity index (χ0n) is 22.9. The SMILES string of the molecule is CC(C)n1c(/C=C/[C@@H](O)C[C@@H](O)CC(=O)O)c(-c2ccc(F)cc2)c(-c2ccccc2)c1C(=O)Nc1ccccc1. The molecule has 1 heterocycles. The molecule has 0 spiro atoms. The van der Waals surface area contributed by atoms with Crippen molar-refractivity contribution in [2.45, 2.75) is 44.9 Å². The van der Waals surface area contributed by atoms with Crippen LogP contribution in [0.1, 0.15) is 48.9 Å². The van der Waals surface area contributed by atoms with Gasteiger partial charge in [-0.05, 0) is 55.3 Å². The molecule has 2 atom stereocenters. The highest BCUT2D eigenvalue weighted by molar-refractivity contribution is 6.11. The number of carbonyl (C=O) groups is 2. The molecule has 0 saturated heterocycles. The number of benzene rings is 3. The van der Waals surface area contributed by atoms with Crippen LogP contribution in [0.4, 0.5) is 10.1 Å². The van der Waals surface area contributed by atoms with E-state index in [9.17, 15) is 24.2 Å². The normalized spacial score (nSPS) is 12.9. The number of carbonyl (C=O) groups excluding carboxylic acids is 1. The summed E-state index contributed by atoms with van der Waals surface area (Å²) in [6, 6.07) is 24.3. The van der Waals surface area contributed by atoms with Crippen LogP contribution >= 0.6 is 0 Å². The van der Waals surface area contributed by atoms with Gasteiger partial charge in [0.1, 0.15) is 11.5 Å². The first-order chi connectivity index (χ1) is 19.7. The molecule has 4 aromatic rings.